The van der Waals surface area contributed by atoms with E-state index in [1.165, 1.54) is 5.56 Å². The van der Waals surface area contributed by atoms with Gasteiger partial charge in [0.2, 0.25) is 0 Å². The summed E-state index contributed by atoms with van der Waals surface area (Å²) >= 11 is 0. The van der Waals surface area contributed by atoms with Gasteiger partial charge < -0.3 is 24.2 Å². The molecule has 0 aliphatic carbocycles. The Labute approximate surface area is 160 Å². The average Bonchev–Trinajstić information content (AvgIpc) is 2.72. The van der Waals surface area contributed by atoms with Crippen LogP contribution in [0.4, 0.5) is 0 Å². The quantitative estimate of drug-likeness (QED) is 0.735. The topological polar surface area (TPSA) is 51.2 Å². The lowest BCUT2D eigenvalue weighted by molar-refractivity contribution is 0.0888. The highest BCUT2D eigenvalue weighted by Gasteiger charge is 2.11. The van der Waals surface area contributed by atoms with E-state index in [1.54, 1.807) is 32.0 Å². The van der Waals surface area contributed by atoms with Gasteiger partial charge in [-0.15, -0.1) is 0 Å². The summed E-state index contributed by atoms with van der Waals surface area (Å²) in [6.45, 7) is 0.678. The number of hydrogen-bond donors (Lipinski definition) is 1. The van der Waals surface area contributed by atoms with Gasteiger partial charge in [-0.25, -0.2) is 0 Å². The van der Waals surface area contributed by atoms with E-state index in [2.05, 4.69) is 18.2 Å². The first-order valence-corrected chi connectivity index (χ1v) is 9.01. The fourth-order valence-electron chi connectivity index (χ4n) is 2.88. The molecule has 0 radical (unpaired) electrons. The largest absolute Gasteiger partial charge is 0.497 e. The van der Waals surface area contributed by atoms with Crippen molar-refractivity contribution in [2.75, 3.05) is 20.3 Å². The number of aryl methyl sites for hydroxylation is 2. The SMILES string of the molecule is COc1cccc(CCc2ccccc2OCC(O)CN2C=COC=C2)c1. The minimum absolute atomic E-state index is 0.231. The fraction of sp³-hybridized carbons (Fsp3) is 0.273. The van der Waals surface area contributed by atoms with Gasteiger partial charge in [0.25, 0.3) is 0 Å². The van der Waals surface area contributed by atoms with E-state index in [4.69, 9.17) is 14.2 Å². The third-order valence-corrected chi connectivity index (χ3v) is 4.30. The summed E-state index contributed by atoms with van der Waals surface area (Å²) in [5.74, 6) is 1.68. The highest BCUT2D eigenvalue weighted by atomic mass is 16.5. The molecule has 1 N–H and O–H groups in total. The van der Waals surface area contributed by atoms with Gasteiger partial charge >= 0.3 is 0 Å². The monoisotopic (exact) mass is 367 g/mol. The van der Waals surface area contributed by atoms with Crippen LogP contribution in [0.3, 0.4) is 0 Å². The summed E-state index contributed by atoms with van der Waals surface area (Å²) in [6.07, 6.45) is 7.82. The Morgan fingerprint density at radius 1 is 1.04 bits per heavy atom. The van der Waals surface area contributed by atoms with E-state index in [0.29, 0.717) is 6.54 Å². The van der Waals surface area contributed by atoms with E-state index >= 15 is 0 Å². The molecule has 2 aromatic carbocycles. The highest BCUT2D eigenvalue weighted by Crippen LogP contribution is 2.21. The van der Waals surface area contributed by atoms with Crippen molar-refractivity contribution in [1.29, 1.82) is 0 Å². The molecule has 1 aliphatic heterocycles. The summed E-state index contributed by atoms with van der Waals surface area (Å²) in [5.41, 5.74) is 2.34. The average molecular weight is 367 g/mol. The van der Waals surface area contributed by atoms with Crippen LogP contribution in [0.5, 0.6) is 11.5 Å². The molecule has 0 bridgehead atoms. The van der Waals surface area contributed by atoms with E-state index in [0.717, 1.165) is 29.9 Å². The summed E-state index contributed by atoms with van der Waals surface area (Å²) in [6, 6.07) is 16.1. The molecular weight excluding hydrogens is 342 g/mol. The summed E-state index contributed by atoms with van der Waals surface area (Å²) < 4.78 is 16.2. The number of benzene rings is 2. The molecule has 27 heavy (non-hydrogen) atoms. The van der Waals surface area contributed by atoms with E-state index in [-0.39, 0.29) is 6.61 Å². The molecule has 0 amide bonds. The zero-order chi connectivity index (χ0) is 18.9. The second kappa shape index (κ2) is 9.69. The number of methoxy groups -OCH3 is 1. The van der Waals surface area contributed by atoms with Crippen LogP contribution < -0.4 is 9.47 Å². The number of aliphatic hydroxyl groups is 1. The molecule has 0 saturated heterocycles. The van der Waals surface area contributed by atoms with Crippen LogP contribution in [0.2, 0.25) is 0 Å². The van der Waals surface area contributed by atoms with Crippen LogP contribution in [0, 0.1) is 0 Å². The molecule has 2 aromatic rings. The second-order valence-corrected chi connectivity index (χ2v) is 6.33. The van der Waals surface area contributed by atoms with Crippen molar-refractivity contribution in [2.24, 2.45) is 0 Å². The molecule has 0 spiro atoms. The third kappa shape index (κ3) is 5.79. The van der Waals surface area contributed by atoms with E-state index in [1.807, 2.05) is 35.2 Å². The van der Waals surface area contributed by atoms with E-state index in [9.17, 15) is 5.11 Å². The van der Waals surface area contributed by atoms with Crippen LogP contribution in [0.1, 0.15) is 11.1 Å². The molecule has 1 atom stereocenters. The Hall–Kier alpha value is -2.92. The van der Waals surface area contributed by atoms with Gasteiger partial charge in [-0.2, -0.15) is 0 Å². The van der Waals surface area contributed by atoms with Crippen LogP contribution >= 0.6 is 0 Å². The summed E-state index contributed by atoms with van der Waals surface area (Å²) in [5, 5.41) is 10.2. The predicted molar refractivity (Wildman–Crippen MR) is 104 cm³/mol. The number of ether oxygens (including phenoxy) is 3. The van der Waals surface area contributed by atoms with Crippen LogP contribution in [0.25, 0.3) is 0 Å². The minimum atomic E-state index is -0.608. The summed E-state index contributed by atoms with van der Waals surface area (Å²) in [7, 11) is 1.68. The van der Waals surface area contributed by atoms with Crippen molar-refractivity contribution >= 4 is 0 Å². The van der Waals surface area contributed by atoms with Gasteiger partial charge in [-0.05, 0) is 42.2 Å². The number of nitrogens with zero attached hydrogens (tertiary/aromatic N) is 1. The van der Waals surface area contributed by atoms with Crippen LogP contribution in [-0.4, -0.2) is 36.4 Å². The lowest BCUT2D eigenvalue weighted by atomic mass is 10.0. The van der Waals surface area contributed by atoms with Gasteiger partial charge in [0.15, 0.2) is 0 Å². The lowest BCUT2D eigenvalue weighted by Gasteiger charge is -2.21. The van der Waals surface area contributed by atoms with Crippen LogP contribution in [0.15, 0.2) is 73.5 Å². The van der Waals surface area contributed by atoms with Crippen molar-refractivity contribution in [3.05, 3.63) is 84.6 Å². The maximum absolute atomic E-state index is 10.2. The zero-order valence-corrected chi connectivity index (χ0v) is 15.5. The number of hydrogen-bond acceptors (Lipinski definition) is 5. The maximum atomic E-state index is 10.2. The molecule has 5 nitrogen and oxygen atoms in total. The lowest BCUT2D eigenvalue weighted by Crippen LogP contribution is -2.30. The first-order valence-electron chi connectivity index (χ1n) is 9.01. The standard InChI is InChI=1S/C22H25NO4/c1-25-21-7-4-5-18(15-21)9-10-19-6-2-3-8-22(19)27-17-20(24)16-23-11-13-26-14-12-23/h2-8,11-15,20,24H,9-10,16-17H2,1H3. The Bertz CT molecular complexity index is 775. The molecule has 142 valence electrons. The minimum Gasteiger partial charge on any atom is -0.497 e. The molecular formula is C22H25NO4. The molecule has 1 unspecified atom stereocenters. The Kier molecular flexibility index (Phi) is 6.77. The van der Waals surface area contributed by atoms with Crippen molar-refractivity contribution in [1.82, 2.24) is 4.90 Å². The first kappa shape index (κ1) is 18.9. The fourth-order valence-corrected chi connectivity index (χ4v) is 2.88. The molecule has 0 saturated carbocycles. The van der Waals surface area contributed by atoms with Gasteiger partial charge in [-0.3, -0.25) is 0 Å². The molecule has 0 aromatic heterocycles. The molecule has 0 fully saturated rings. The van der Waals surface area contributed by atoms with Crippen molar-refractivity contribution in [3.63, 3.8) is 0 Å². The van der Waals surface area contributed by atoms with Crippen molar-refractivity contribution in [2.45, 2.75) is 18.9 Å². The first-order chi connectivity index (χ1) is 13.2. The molecule has 1 aliphatic rings. The molecule has 3 rings (SSSR count). The van der Waals surface area contributed by atoms with Gasteiger partial charge in [-0.1, -0.05) is 30.3 Å². The van der Waals surface area contributed by atoms with E-state index < -0.39 is 6.10 Å². The number of para-hydroxylation sites is 1. The van der Waals surface area contributed by atoms with Gasteiger partial charge in [0, 0.05) is 12.4 Å². The van der Waals surface area contributed by atoms with Gasteiger partial charge in [0.05, 0.1) is 13.7 Å². The summed E-state index contributed by atoms with van der Waals surface area (Å²) in [4.78, 5) is 1.85. The second-order valence-electron chi connectivity index (χ2n) is 6.33. The Morgan fingerprint density at radius 2 is 1.85 bits per heavy atom. The third-order valence-electron chi connectivity index (χ3n) is 4.30. The van der Waals surface area contributed by atoms with Crippen LogP contribution in [-0.2, 0) is 17.6 Å². The number of rotatable bonds is 9. The molecule has 5 heteroatoms. The van der Waals surface area contributed by atoms with Gasteiger partial charge in [0.1, 0.15) is 36.7 Å². The zero-order valence-electron chi connectivity index (χ0n) is 15.5. The highest BCUT2D eigenvalue weighted by molar-refractivity contribution is 5.35. The van der Waals surface area contributed by atoms with Crippen molar-refractivity contribution < 1.29 is 19.3 Å². The maximum Gasteiger partial charge on any atom is 0.122 e. The number of β-amino-alcohol motifs (C(OH)–C–C–N with tert-alkyl or cyclic N) is 1. The normalized spacial score (nSPS) is 13.9. The number of aliphatic hydroxyl groups excluding tert-OH is 1. The Balaban J connectivity index is 1.54. The smallest absolute Gasteiger partial charge is 0.122 e. The molecule has 1 heterocycles. The Morgan fingerprint density at radius 3 is 2.67 bits per heavy atom. The van der Waals surface area contributed by atoms with Crippen molar-refractivity contribution in [3.8, 4) is 11.5 Å². The predicted octanol–water partition coefficient (Wildman–Crippen LogP) is 3.49.